The van der Waals surface area contributed by atoms with Gasteiger partial charge in [-0.2, -0.15) is 0 Å². The van der Waals surface area contributed by atoms with Crippen molar-refractivity contribution >= 4 is 0 Å². The Labute approximate surface area is 110 Å². The van der Waals surface area contributed by atoms with Gasteiger partial charge in [-0.25, -0.2) is 0 Å². The third-order valence-electron chi connectivity index (χ3n) is 4.16. The van der Waals surface area contributed by atoms with E-state index < -0.39 is 0 Å². The van der Waals surface area contributed by atoms with Gasteiger partial charge in [0.15, 0.2) is 0 Å². The summed E-state index contributed by atoms with van der Waals surface area (Å²) >= 11 is 0. The number of hydrogen-bond acceptors (Lipinski definition) is 2. The van der Waals surface area contributed by atoms with Crippen LogP contribution in [0.5, 0.6) is 0 Å². The molecule has 98 valence electrons. The lowest BCUT2D eigenvalue weighted by atomic mass is 10.0. The van der Waals surface area contributed by atoms with Gasteiger partial charge in [0.2, 0.25) is 0 Å². The smallest absolute Gasteiger partial charge is 0.0237 e. The predicted molar refractivity (Wildman–Crippen MR) is 75.5 cm³/mol. The maximum atomic E-state index is 3.68. The van der Waals surface area contributed by atoms with Crippen molar-refractivity contribution in [2.75, 3.05) is 13.1 Å². The van der Waals surface area contributed by atoms with E-state index in [-0.39, 0.29) is 0 Å². The van der Waals surface area contributed by atoms with E-state index in [1.54, 1.807) is 0 Å². The predicted octanol–water partition coefficient (Wildman–Crippen LogP) is 2.79. The van der Waals surface area contributed by atoms with E-state index in [0.29, 0.717) is 0 Å². The van der Waals surface area contributed by atoms with Gasteiger partial charge in [-0.1, -0.05) is 36.8 Å². The second kappa shape index (κ2) is 5.85. The van der Waals surface area contributed by atoms with Crippen LogP contribution in [0.2, 0.25) is 0 Å². The monoisotopic (exact) mass is 244 g/mol. The number of nitrogens with one attached hydrogen (secondary N) is 1. The first-order valence-electron chi connectivity index (χ1n) is 7.43. The SMILES string of the molecule is c1ccc(CN(CC2CCCCN2)C2CC2)cc1. The van der Waals surface area contributed by atoms with Gasteiger partial charge in [0.25, 0.3) is 0 Å². The van der Waals surface area contributed by atoms with Gasteiger partial charge in [0.05, 0.1) is 0 Å². The maximum Gasteiger partial charge on any atom is 0.0237 e. The van der Waals surface area contributed by atoms with Gasteiger partial charge in [-0.3, -0.25) is 4.90 Å². The third-order valence-corrected chi connectivity index (χ3v) is 4.16. The van der Waals surface area contributed by atoms with Crippen LogP contribution in [0.15, 0.2) is 30.3 Å². The van der Waals surface area contributed by atoms with Crippen LogP contribution in [-0.4, -0.2) is 30.1 Å². The zero-order valence-electron chi connectivity index (χ0n) is 11.1. The van der Waals surface area contributed by atoms with Gasteiger partial charge in [-0.15, -0.1) is 0 Å². The lowest BCUT2D eigenvalue weighted by molar-refractivity contribution is 0.208. The van der Waals surface area contributed by atoms with Gasteiger partial charge < -0.3 is 5.32 Å². The largest absolute Gasteiger partial charge is 0.313 e. The molecule has 2 nitrogen and oxygen atoms in total. The number of benzene rings is 1. The summed E-state index contributed by atoms with van der Waals surface area (Å²) in [6.45, 7) is 3.58. The number of hydrogen-bond donors (Lipinski definition) is 1. The molecule has 1 heterocycles. The van der Waals surface area contributed by atoms with E-state index in [0.717, 1.165) is 18.6 Å². The summed E-state index contributed by atoms with van der Waals surface area (Å²) in [5, 5.41) is 3.68. The fraction of sp³-hybridized carbons (Fsp3) is 0.625. The zero-order chi connectivity index (χ0) is 12.2. The number of nitrogens with zero attached hydrogens (tertiary/aromatic N) is 1. The van der Waals surface area contributed by atoms with Crippen molar-refractivity contribution in [3.63, 3.8) is 0 Å². The Balaban J connectivity index is 1.58. The Bertz CT molecular complexity index is 353. The van der Waals surface area contributed by atoms with Gasteiger partial charge in [0.1, 0.15) is 0 Å². The molecule has 1 N–H and O–H groups in total. The third kappa shape index (κ3) is 3.33. The van der Waals surface area contributed by atoms with Gasteiger partial charge >= 0.3 is 0 Å². The van der Waals surface area contributed by atoms with E-state index in [1.165, 1.54) is 50.8 Å². The highest BCUT2D eigenvalue weighted by Crippen LogP contribution is 2.29. The fourth-order valence-electron chi connectivity index (χ4n) is 2.96. The molecule has 0 aromatic heterocycles. The highest BCUT2D eigenvalue weighted by Gasteiger charge is 2.30. The lowest BCUT2D eigenvalue weighted by Gasteiger charge is -2.30. The zero-order valence-corrected chi connectivity index (χ0v) is 11.1. The minimum Gasteiger partial charge on any atom is -0.313 e. The van der Waals surface area contributed by atoms with E-state index in [9.17, 15) is 0 Å². The normalized spacial score (nSPS) is 24.4. The van der Waals surface area contributed by atoms with E-state index >= 15 is 0 Å². The lowest BCUT2D eigenvalue weighted by Crippen LogP contribution is -2.44. The van der Waals surface area contributed by atoms with E-state index in [4.69, 9.17) is 0 Å². The maximum absolute atomic E-state index is 3.68. The summed E-state index contributed by atoms with van der Waals surface area (Å²) < 4.78 is 0. The molecular formula is C16H24N2. The molecule has 1 saturated heterocycles. The molecular weight excluding hydrogens is 220 g/mol. The minimum atomic E-state index is 0.725. The molecule has 2 aliphatic rings. The topological polar surface area (TPSA) is 15.3 Å². The summed E-state index contributed by atoms with van der Waals surface area (Å²) in [6, 6.07) is 12.5. The van der Waals surface area contributed by atoms with Crippen LogP contribution in [0.1, 0.15) is 37.7 Å². The Morgan fingerprint density at radius 2 is 1.89 bits per heavy atom. The standard InChI is InChI=1S/C16H24N2/c1-2-6-14(7-3-1)12-18(16-9-10-16)13-15-8-4-5-11-17-15/h1-3,6-7,15-17H,4-5,8-13H2. The van der Waals surface area contributed by atoms with Crippen molar-refractivity contribution in [1.29, 1.82) is 0 Å². The molecule has 0 radical (unpaired) electrons. The highest BCUT2D eigenvalue weighted by atomic mass is 15.2. The van der Waals surface area contributed by atoms with Crippen LogP contribution in [0, 0.1) is 0 Å². The number of piperidine rings is 1. The Morgan fingerprint density at radius 1 is 1.06 bits per heavy atom. The molecule has 3 rings (SSSR count). The summed E-state index contributed by atoms with van der Waals surface area (Å²) in [5.41, 5.74) is 1.46. The molecule has 0 bridgehead atoms. The Kier molecular flexibility index (Phi) is 3.96. The molecule has 0 amide bonds. The van der Waals surface area contributed by atoms with E-state index in [1.807, 2.05) is 0 Å². The van der Waals surface area contributed by atoms with Gasteiger partial charge in [0, 0.05) is 25.2 Å². The number of rotatable bonds is 5. The highest BCUT2D eigenvalue weighted by molar-refractivity contribution is 5.15. The summed E-state index contributed by atoms with van der Waals surface area (Å²) in [6.07, 6.45) is 6.93. The van der Waals surface area contributed by atoms with Crippen LogP contribution >= 0.6 is 0 Å². The molecule has 18 heavy (non-hydrogen) atoms. The van der Waals surface area contributed by atoms with Crippen molar-refractivity contribution in [3.05, 3.63) is 35.9 Å². The molecule has 1 saturated carbocycles. The van der Waals surface area contributed by atoms with Crippen LogP contribution < -0.4 is 5.32 Å². The second-order valence-electron chi connectivity index (χ2n) is 5.79. The first-order valence-corrected chi connectivity index (χ1v) is 7.43. The Hall–Kier alpha value is -0.860. The fourth-order valence-corrected chi connectivity index (χ4v) is 2.96. The van der Waals surface area contributed by atoms with Crippen molar-refractivity contribution in [2.24, 2.45) is 0 Å². The quantitative estimate of drug-likeness (QED) is 0.857. The molecule has 1 aromatic rings. The molecule has 1 aliphatic carbocycles. The Morgan fingerprint density at radius 3 is 2.56 bits per heavy atom. The second-order valence-corrected chi connectivity index (χ2v) is 5.79. The van der Waals surface area contributed by atoms with Crippen LogP contribution in [-0.2, 0) is 6.54 Å². The molecule has 1 aromatic carbocycles. The summed E-state index contributed by atoms with van der Waals surface area (Å²) in [5.74, 6) is 0. The average Bonchev–Trinajstić information content (AvgIpc) is 3.25. The van der Waals surface area contributed by atoms with Crippen molar-refractivity contribution in [1.82, 2.24) is 10.2 Å². The van der Waals surface area contributed by atoms with E-state index in [2.05, 4.69) is 40.5 Å². The molecule has 1 unspecified atom stereocenters. The summed E-state index contributed by atoms with van der Waals surface area (Å²) in [4.78, 5) is 2.69. The first kappa shape index (κ1) is 12.2. The molecule has 1 aliphatic heterocycles. The van der Waals surface area contributed by atoms with Crippen LogP contribution in [0.3, 0.4) is 0 Å². The summed E-state index contributed by atoms with van der Waals surface area (Å²) in [7, 11) is 0. The van der Waals surface area contributed by atoms with Crippen molar-refractivity contribution in [2.45, 2.75) is 50.7 Å². The average molecular weight is 244 g/mol. The first-order chi connectivity index (χ1) is 8.92. The van der Waals surface area contributed by atoms with Crippen molar-refractivity contribution < 1.29 is 0 Å². The van der Waals surface area contributed by atoms with Crippen LogP contribution in [0.4, 0.5) is 0 Å². The van der Waals surface area contributed by atoms with Gasteiger partial charge in [-0.05, 0) is 37.8 Å². The van der Waals surface area contributed by atoms with Crippen LogP contribution in [0.25, 0.3) is 0 Å². The van der Waals surface area contributed by atoms with Crippen molar-refractivity contribution in [3.8, 4) is 0 Å². The minimum absolute atomic E-state index is 0.725. The molecule has 2 fully saturated rings. The molecule has 0 spiro atoms. The molecule has 1 atom stereocenters. The molecule has 2 heteroatoms.